The van der Waals surface area contributed by atoms with Crippen LogP contribution in [0.2, 0.25) is 0 Å². The number of hydrogen-bond acceptors (Lipinski definition) is 2. The monoisotopic (exact) mass is 176 g/mol. The van der Waals surface area contributed by atoms with E-state index in [-0.39, 0.29) is 0 Å². The van der Waals surface area contributed by atoms with E-state index in [9.17, 15) is 0 Å². The summed E-state index contributed by atoms with van der Waals surface area (Å²) >= 11 is 0. The van der Waals surface area contributed by atoms with Crippen LogP contribution >= 0.6 is 0 Å². The van der Waals surface area contributed by atoms with Gasteiger partial charge in [-0.05, 0) is 30.4 Å². The highest BCUT2D eigenvalue weighted by molar-refractivity contribution is 5.58. The highest BCUT2D eigenvalue weighted by atomic mass is 14.9. The summed E-state index contributed by atoms with van der Waals surface area (Å²) in [4.78, 5) is 0. The van der Waals surface area contributed by atoms with Gasteiger partial charge in [0.25, 0.3) is 0 Å². The molecule has 13 heavy (non-hydrogen) atoms. The molecule has 1 aromatic rings. The van der Waals surface area contributed by atoms with Gasteiger partial charge in [-0.1, -0.05) is 18.2 Å². The number of rotatable bonds is 1. The van der Waals surface area contributed by atoms with E-state index in [4.69, 9.17) is 5.73 Å². The number of nitrogens with two attached hydrogens (primary N) is 1. The lowest BCUT2D eigenvalue weighted by atomic mass is 10.0. The van der Waals surface area contributed by atoms with Crippen LogP contribution in [-0.2, 0) is 13.0 Å². The Labute approximate surface area is 79.1 Å². The van der Waals surface area contributed by atoms with Crippen LogP contribution in [0.1, 0.15) is 24.0 Å². The first kappa shape index (κ1) is 8.57. The van der Waals surface area contributed by atoms with E-state index in [1.54, 1.807) is 0 Å². The summed E-state index contributed by atoms with van der Waals surface area (Å²) in [5.41, 5.74) is 9.66. The zero-order valence-electron chi connectivity index (χ0n) is 7.84. The summed E-state index contributed by atoms with van der Waals surface area (Å²) in [5.74, 6) is 0. The number of hydrogen-bond donors (Lipinski definition) is 2. The van der Waals surface area contributed by atoms with Crippen LogP contribution in [0.5, 0.6) is 0 Å². The molecule has 0 atom stereocenters. The van der Waals surface area contributed by atoms with Crippen molar-refractivity contribution in [2.45, 2.75) is 25.8 Å². The number of benzene rings is 1. The molecular formula is C11H16N2. The minimum atomic E-state index is 0.635. The Morgan fingerprint density at radius 3 is 3.08 bits per heavy atom. The van der Waals surface area contributed by atoms with Gasteiger partial charge in [-0.2, -0.15) is 0 Å². The molecule has 0 fully saturated rings. The van der Waals surface area contributed by atoms with E-state index in [0.29, 0.717) is 6.54 Å². The minimum absolute atomic E-state index is 0.635. The van der Waals surface area contributed by atoms with Crippen molar-refractivity contribution in [1.82, 2.24) is 0 Å². The number of nitrogens with one attached hydrogen (secondary N) is 1. The second-order valence-electron chi connectivity index (χ2n) is 3.54. The highest BCUT2D eigenvalue weighted by Gasteiger charge is 2.09. The second kappa shape index (κ2) is 3.79. The van der Waals surface area contributed by atoms with Gasteiger partial charge in [0.15, 0.2) is 0 Å². The van der Waals surface area contributed by atoms with E-state index in [2.05, 4.69) is 23.5 Å². The quantitative estimate of drug-likeness (QED) is 0.685. The fraction of sp³-hybridized carbons (Fsp3) is 0.455. The maximum atomic E-state index is 5.68. The Balaban J connectivity index is 2.40. The maximum Gasteiger partial charge on any atom is 0.0418 e. The van der Waals surface area contributed by atoms with Gasteiger partial charge in [-0.15, -0.1) is 0 Å². The summed E-state index contributed by atoms with van der Waals surface area (Å²) in [7, 11) is 0. The summed E-state index contributed by atoms with van der Waals surface area (Å²) in [5, 5.41) is 3.46. The van der Waals surface area contributed by atoms with Crippen molar-refractivity contribution in [2.75, 3.05) is 11.9 Å². The molecule has 0 aliphatic carbocycles. The topological polar surface area (TPSA) is 38.0 Å². The third-order valence-electron chi connectivity index (χ3n) is 2.63. The zero-order chi connectivity index (χ0) is 9.10. The molecule has 0 saturated heterocycles. The lowest BCUT2D eigenvalue weighted by Crippen LogP contribution is -2.06. The molecule has 1 aliphatic heterocycles. The molecule has 0 bridgehead atoms. The van der Waals surface area contributed by atoms with Crippen LogP contribution < -0.4 is 11.1 Å². The third kappa shape index (κ3) is 1.68. The van der Waals surface area contributed by atoms with Crippen molar-refractivity contribution in [1.29, 1.82) is 0 Å². The lowest BCUT2D eigenvalue weighted by Gasteiger charge is -2.11. The fourth-order valence-electron chi connectivity index (χ4n) is 1.91. The molecule has 0 aromatic heterocycles. The van der Waals surface area contributed by atoms with Crippen molar-refractivity contribution in [3.63, 3.8) is 0 Å². The molecule has 0 spiro atoms. The number of para-hydroxylation sites is 1. The Bertz CT molecular complexity index is 294. The predicted molar refractivity (Wildman–Crippen MR) is 55.8 cm³/mol. The molecule has 0 saturated carbocycles. The third-order valence-corrected chi connectivity index (χ3v) is 2.63. The number of aryl methyl sites for hydroxylation is 1. The molecule has 0 amide bonds. The van der Waals surface area contributed by atoms with Crippen LogP contribution in [0.25, 0.3) is 0 Å². The van der Waals surface area contributed by atoms with Crippen molar-refractivity contribution in [2.24, 2.45) is 5.73 Å². The molecule has 1 heterocycles. The first-order valence-electron chi connectivity index (χ1n) is 4.96. The van der Waals surface area contributed by atoms with Crippen LogP contribution in [-0.4, -0.2) is 6.54 Å². The van der Waals surface area contributed by atoms with E-state index in [0.717, 1.165) is 6.54 Å². The molecule has 2 heteroatoms. The van der Waals surface area contributed by atoms with Gasteiger partial charge in [0.05, 0.1) is 0 Å². The Kier molecular flexibility index (Phi) is 2.50. The average Bonchev–Trinajstić information content (AvgIpc) is 2.41. The van der Waals surface area contributed by atoms with Crippen molar-refractivity contribution in [3.05, 3.63) is 29.3 Å². The molecule has 2 nitrogen and oxygen atoms in total. The smallest absolute Gasteiger partial charge is 0.0418 e. The first-order valence-corrected chi connectivity index (χ1v) is 4.96. The summed E-state index contributed by atoms with van der Waals surface area (Å²) in [6.45, 7) is 1.72. The van der Waals surface area contributed by atoms with Crippen LogP contribution in [0.15, 0.2) is 18.2 Å². The normalized spacial score (nSPS) is 15.8. The van der Waals surface area contributed by atoms with Gasteiger partial charge in [-0.25, -0.2) is 0 Å². The largest absolute Gasteiger partial charge is 0.385 e. The Morgan fingerprint density at radius 2 is 2.23 bits per heavy atom. The molecule has 3 N–H and O–H groups in total. The summed E-state index contributed by atoms with van der Waals surface area (Å²) in [6, 6.07) is 6.41. The zero-order valence-corrected chi connectivity index (χ0v) is 7.84. The summed E-state index contributed by atoms with van der Waals surface area (Å²) < 4.78 is 0. The molecular weight excluding hydrogens is 160 g/mol. The SMILES string of the molecule is NCc1cccc2c1NCCCC2. The van der Waals surface area contributed by atoms with Crippen LogP contribution in [0.3, 0.4) is 0 Å². The minimum Gasteiger partial charge on any atom is -0.385 e. The van der Waals surface area contributed by atoms with Gasteiger partial charge in [0, 0.05) is 18.8 Å². The van der Waals surface area contributed by atoms with E-state index >= 15 is 0 Å². The predicted octanol–water partition coefficient (Wildman–Crippen LogP) is 1.89. The molecule has 1 aromatic carbocycles. The molecule has 1 aliphatic rings. The highest BCUT2D eigenvalue weighted by Crippen LogP contribution is 2.24. The Morgan fingerprint density at radius 1 is 1.31 bits per heavy atom. The standard InChI is InChI=1S/C11H16N2/c12-8-10-6-3-5-9-4-1-2-7-13-11(9)10/h3,5-6,13H,1-2,4,7-8,12H2. The number of anilines is 1. The van der Waals surface area contributed by atoms with Gasteiger partial charge >= 0.3 is 0 Å². The van der Waals surface area contributed by atoms with Crippen LogP contribution in [0, 0.1) is 0 Å². The van der Waals surface area contributed by atoms with Crippen molar-refractivity contribution in [3.8, 4) is 0 Å². The summed E-state index contributed by atoms with van der Waals surface area (Å²) in [6.07, 6.45) is 3.74. The number of fused-ring (bicyclic) bond motifs is 1. The van der Waals surface area contributed by atoms with Gasteiger partial charge in [0.2, 0.25) is 0 Å². The fourth-order valence-corrected chi connectivity index (χ4v) is 1.91. The molecule has 0 radical (unpaired) electrons. The Hall–Kier alpha value is -1.02. The van der Waals surface area contributed by atoms with E-state index in [1.165, 1.54) is 36.1 Å². The van der Waals surface area contributed by atoms with Gasteiger partial charge < -0.3 is 11.1 Å². The second-order valence-corrected chi connectivity index (χ2v) is 3.54. The van der Waals surface area contributed by atoms with Crippen molar-refractivity contribution >= 4 is 5.69 Å². The maximum absolute atomic E-state index is 5.68. The van der Waals surface area contributed by atoms with Gasteiger partial charge in [0.1, 0.15) is 0 Å². The molecule has 0 unspecified atom stereocenters. The van der Waals surface area contributed by atoms with Crippen molar-refractivity contribution < 1.29 is 0 Å². The van der Waals surface area contributed by atoms with Gasteiger partial charge in [-0.3, -0.25) is 0 Å². The first-order chi connectivity index (χ1) is 6.42. The molecule has 2 rings (SSSR count). The van der Waals surface area contributed by atoms with Crippen LogP contribution in [0.4, 0.5) is 5.69 Å². The molecule has 70 valence electrons. The van der Waals surface area contributed by atoms with E-state index < -0.39 is 0 Å². The van der Waals surface area contributed by atoms with E-state index in [1.807, 2.05) is 0 Å². The lowest BCUT2D eigenvalue weighted by molar-refractivity contribution is 0.785. The average molecular weight is 176 g/mol.